The Morgan fingerprint density at radius 1 is 1.19 bits per heavy atom. The number of hydrogen-bond donors (Lipinski definition) is 0. The van der Waals surface area contributed by atoms with E-state index < -0.39 is 11.9 Å². The molecule has 16 heavy (non-hydrogen) atoms. The molecule has 0 unspecified atom stereocenters. The number of hydrogen-bond acceptors (Lipinski definition) is 1. The van der Waals surface area contributed by atoms with Crippen LogP contribution < -0.4 is 0 Å². The van der Waals surface area contributed by atoms with Crippen molar-refractivity contribution < 1.29 is 13.2 Å². The van der Waals surface area contributed by atoms with Crippen molar-refractivity contribution >= 4 is 22.4 Å². The van der Waals surface area contributed by atoms with Crippen LogP contribution in [0.15, 0.2) is 24.3 Å². The lowest BCUT2D eigenvalue weighted by molar-refractivity contribution is -0.141. The topological polar surface area (TPSA) is 12.9 Å². The number of benzene rings is 1. The number of aryl methyl sites for hydroxylation is 1. The summed E-state index contributed by atoms with van der Waals surface area (Å²) in [5.74, 6) is 0. The van der Waals surface area contributed by atoms with Gasteiger partial charge in [0.1, 0.15) is 10.8 Å². The molecule has 1 heterocycles. The van der Waals surface area contributed by atoms with Gasteiger partial charge in [-0.1, -0.05) is 35.4 Å². The molecule has 84 valence electrons. The highest BCUT2D eigenvalue weighted by Gasteiger charge is 2.33. The van der Waals surface area contributed by atoms with Crippen molar-refractivity contribution in [2.75, 3.05) is 0 Å². The highest BCUT2D eigenvalue weighted by Crippen LogP contribution is 2.32. The first-order valence-electron chi connectivity index (χ1n) is 4.52. The van der Waals surface area contributed by atoms with Crippen molar-refractivity contribution in [2.45, 2.75) is 13.1 Å². The Hall–Kier alpha value is -1.29. The number of rotatable bonds is 0. The molecule has 1 aromatic carbocycles. The Kier molecular flexibility index (Phi) is 2.54. The molecule has 0 bridgehead atoms. The summed E-state index contributed by atoms with van der Waals surface area (Å²) >= 11 is 5.71. The van der Waals surface area contributed by atoms with E-state index in [2.05, 4.69) is 4.98 Å². The molecule has 0 atom stereocenters. The maximum atomic E-state index is 12.5. The molecule has 0 saturated heterocycles. The number of alkyl halides is 3. The second-order valence-corrected chi connectivity index (χ2v) is 3.88. The average molecular weight is 246 g/mol. The van der Waals surface area contributed by atoms with Gasteiger partial charge in [0.15, 0.2) is 0 Å². The number of fused-ring (bicyclic) bond motifs is 1. The molecule has 0 amide bonds. The lowest BCUT2D eigenvalue weighted by Crippen LogP contribution is -2.07. The highest BCUT2D eigenvalue weighted by molar-refractivity contribution is 6.34. The van der Waals surface area contributed by atoms with Crippen LogP contribution in [0.25, 0.3) is 10.8 Å². The second kappa shape index (κ2) is 3.63. The van der Waals surface area contributed by atoms with Crippen molar-refractivity contribution in [3.63, 3.8) is 0 Å². The van der Waals surface area contributed by atoms with Gasteiger partial charge >= 0.3 is 6.18 Å². The van der Waals surface area contributed by atoms with E-state index in [1.807, 2.05) is 0 Å². The molecule has 5 heteroatoms. The molecule has 0 N–H and O–H groups in total. The van der Waals surface area contributed by atoms with Gasteiger partial charge in [0.2, 0.25) is 0 Å². The van der Waals surface area contributed by atoms with Gasteiger partial charge in [0.25, 0.3) is 0 Å². The molecule has 0 spiro atoms. The quantitative estimate of drug-likeness (QED) is 0.634. The number of pyridine rings is 1. The van der Waals surface area contributed by atoms with Gasteiger partial charge in [-0.2, -0.15) is 13.2 Å². The van der Waals surface area contributed by atoms with E-state index in [-0.39, 0.29) is 5.15 Å². The van der Waals surface area contributed by atoms with Crippen LogP contribution in [0.5, 0.6) is 0 Å². The van der Waals surface area contributed by atoms with Crippen molar-refractivity contribution in [2.24, 2.45) is 0 Å². The summed E-state index contributed by atoms with van der Waals surface area (Å²) in [4.78, 5) is 3.34. The fourth-order valence-corrected chi connectivity index (χ4v) is 1.74. The first-order chi connectivity index (χ1) is 7.38. The third-order valence-electron chi connectivity index (χ3n) is 2.23. The van der Waals surface area contributed by atoms with Crippen LogP contribution in [0.1, 0.15) is 11.3 Å². The van der Waals surface area contributed by atoms with E-state index in [0.717, 1.165) is 11.6 Å². The third-order valence-corrected chi connectivity index (χ3v) is 2.52. The summed E-state index contributed by atoms with van der Waals surface area (Å²) in [5, 5.41) is 0.859. The maximum absolute atomic E-state index is 12.5. The molecule has 1 aromatic heterocycles. The zero-order valence-corrected chi connectivity index (χ0v) is 9.02. The van der Waals surface area contributed by atoms with E-state index in [9.17, 15) is 13.2 Å². The lowest BCUT2D eigenvalue weighted by Gasteiger charge is -2.08. The highest BCUT2D eigenvalue weighted by atomic mass is 35.5. The van der Waals surface area contributed by atoms with Crippen molar-refractivity contribution in [3.05, 3.63) is 40.7 Å². The van der Waals surface area contributed by atoms with Gasteiger partial charge in [-0.3, -0.25) is 0 Å². The molecule has 0 aliphatic carbocycles. The molecule has 0 radical (unpaired) electrons. The Morgan fingerprint density at radius 2 is 1.88 bits per heavy atom. The molecule has 2 rings (SSSR count). The van der Waals surface area contributed by atoms with Crippen LogP contribution in [0.2, 0.25) is 5.15 Å². The number of halogens is 4. The first kappa shape index (κ1) is 11.2. The summed E-state index contributed by atoms with van der Waals surface area (Å²) in [6.45, 7) is 1.81. The van der Waals surface area contributed by atoms with Gasteiger partial charge in [-0.25, -0.2) is 4.98 Å². The zero-order valence-electron chi connectivity index (χ0n) is 8.27. The van der Waals surface area contributed by atoms with Gasteiger partial charge in [0.05, 0.1) is 0 Å². The van der Waals surface area contributed by atoms with Gasteiger partial charge in [-0.05, 0) is 18.4 Å². The van der Waals surface area contributed by atoms with Gasteiger partial charge in [0, 0.05) is 5.39 Å². The lowest BCUT2D eigenvalue weighted by atomic mass is 10.1. The van der Waals surface area contributed by atoms with E-state index in [4.69, 9.17) is 11.6 Å². The molecule has 0 saturated carbocycles. The monoisotopic (exact) mass is 245 g/mol. The summed E-state index contributed by atoms with van der Waals surface area (Å²) in [5.41, 5.74) is -0.0847. The van der Waals surface area contributed by atoms with Crippen molar-refractivity contribution in [3.8, 4) is 0 Å². The maximum Gasteiger partial charge on any atom is 0.433 e. The summed E-state index contributed by atoms with van der Waals surface area (Å²) in [7, 11) is 0. The van der Waals surface area contributed by atoms with E-state index in [1.165, 1.54) is 0 Å². The Balaban J connectivity index is 2.75. The van der Waals surface area contributed by atoms with Crippen molar-refractivity contribution in [1.82, 2.24) is 4.98 Å². The SMILES string of the molecule is Cc1ccc2c(Cl)nc(C(F)(F)F)cc2c1. The number of aromatic nitrogens is 1. The van der Waals surface area contributed by atoms with E-state index in [0.29, 0.717) is 10.8 Å². The normalized spacial score (nSPS) is 12.1. The Morgan fingerprint density at radius 3 is 2.50 bits per heavy atom. The largest absolute Gasteiger partial charge is 0.433 e. The Labute approximate surface area is 94.9 Å². The molecule has 0 aliphatic heterocycles. The molecule has 0 aliphatic rings. The van der Waals surface area contributed by atoms with Crippen LogP contribution in [-0.2, 0) is 6.18 Å². The fraction of sp³-hybridized carbons (Fsp3) is 0.182. The van der Waals surface area contributed by atoms with Crippen LogP contribution >= 0.6 is 11.6 Å². The summed E-state index contributed by atoms with van der Waals surface area (Å²) in [6.07, 6.45) is -4.47. The second-order valence-electron chi connectivity index (χ2n) is 3.52. The Bertz CT molecular complexity index is 549. The minimum absolute atomic E-state index is 0.121. The summed E-state index contributed by atoms with van der Waals surface area (Å²) < 4.78 is 37.4. The zero-order chi connectivity index (χ0) is 11.9. The van der Waals surface area contributed by atoms with E-state index in [1.54, 1.807) is 25.1 Å². The predicted octanol–water partition coefficient (Wildman–Crippen LogP) is 4.22. The summed E-state index contributed by atoms with van der Waals surface area (Å²) in [6, 6.07) is 6.11. The minimum atomic E-state index is -4.47. The van der Waals surface area contributed by atoms with Crippen molar-refractivity contribution in [1.29, 1.82) is 0 Å². The number of nitrogens with zero attached hydrogens (tertiary/aromatic N) is 1. The predicted molar refractivity (Wildman–Crippen MR) is 56.5 cm³/mol. The molecule has 2 aromatic rings. The smallest absolute Gasteiger partial charge is 0.231 e. The molecule has 0 fully saturated rings. The van der Waals surface area contributed by atoms with Gasteiger partial charge < -0.3 is 0 Å². The minimum Gasteiger partial charge on any atom is -0.231 e. The van der Waals surface area contributed by atoms with Crippen LogP contribution in [0, 0.1) is 6.92 Å². The van der Waals surface area contributed by atoms with Crippen LogP contribution in [0.4, 0.5) is 13.2 Å². The van der Waals surface area contributed by atoms with Gasteiger partial charge in [-0.15, -0.1) is 0 Å². The average Bonchev–Trinajstić information content (AvgIpc) is 2.15. The van der Waals surface area contributed by atoms with Crippen LogP contribution in [-0.4, -0.2) is 4.98 Å². The standard InChI is InChI=1S/C11H7ClF3N/c1-6-2-3-8-7(4-6)5-9(11(13,14)15)16-10(8)12/h2-5H,1H3. The molecular formula is C11H7ClF3N. The molecule has 1 nitrogen and oxygen atoms in total. The third kappa shape index (κ3) is 1.97. The first-order valence-corrected chi connectivity index (χ1v) is 4.90. The fourth-order valence-electron chi connectivity index (χ4n) is 1.48. The molecular weight excluding hydrogens is 239 g/mol. The van der Waals surface area contributed by atoms with E-state index >= 15 is 0 Å². The van der Waals surface area contributed by atoms with Crippen LogP contribution in [0.3, 0.4) is 0 Å².